The van der Waals surface area contributed by atoms with E-state index in [0.29, 0.717) is 12.3 Å². The number of hydrogen-bond acceptors (Lipinski definition) is 3. The highest BCUT2D eigenvalue weighted by Crippen LogP contribution is 2.44. The van der Waals surface area contributed by atoms with Crippen LogP contribution in [-0.2, 0) is 14.1 Å². The summed E-state index contributed by atoms with van der Waals surface area (Å²) in [7, 11) is -0.911. The summed E-state index contributed by atoms with van der Waals surface area (Å²) in [6, 6.07) is 0. The Morgan fingerprint density at radius 2 is 1.82 bits per heavy atom. The second kappa shape index (κ2) is 4.55. The Hall–Kier alpha value is -0.300. The lowest BCUT2D eigenvalue weighted by molar-refractivity contribution is -0.137. The molecule has 4 heteroatoms. The van der Waals surface area contributed by atoms with Crippen LogP contribution < -0.4 is 0 Å². The summed E-state index contributed by atoms with van der Waals surface area (Å²) in [6.07, 6.45) is 1.26. The predicted molar refractivity (Wildman–Crippen MR) is 45.6 cm³/mol. The minimum atomic E-state index is -2.23. The molecule has 0 N–H and O–H groups in total. The molecule has 0 aliphatic heterocycles. The van der Waals surface area contributed by atoms with Gasteiger partial charge in [0.05, 0.1) is 20.4 Å². The Morgan fingerprint density at radius 3 is 2.09 bits per heavy atom. The van der Waals surface area contributed by atoms with Crippen molar-refractivity contribution in [1.82, 2.24) is 0 Å². The molecule has 0 atom stereocenters. The van der Waals surface area contributed by atoms with Crippen LogP contribution in [0.1, 0.15) is 13.8 Å². The van der Waals surface area contributed by atoms with Crippen molar-refractivity contribution in [1.29, 1.82) is 0 Å². The Balaban J connectivity index is 4.09. The SMILES string of the molecule is CCP(=O)(CC)CC(=O)OC. The minimum Gasteiger partial charge on any atom is -0.469 e. The van der Waals surface area contributed by atoms with E-state index in [9.17, 15) is 9.36 Å². The fourth-order valence-corrected chi connectivity index (χ4v) is 2.24. The molecule has 0 saturated carbocycles. The first kappa shape index (κ1) is 10.7. The largest absolute Gasteiger partial charge is 0.469 e. The van der Waals surface area contributed by atoms with E-state index in [2.05, 4.69) is 4.74 Å². The van der Waals surface area contributed by atoms with Crippen molar-refractivity contribution in [3.63, 3.8) is 0 Å². The summed E-state index contributed by atoms with van der Waals surface area (Å²) in [5, 5.41) is 0. The summed E-state index contributed by atoms with van der Waals surface area (Å²) >= 11 is 0. The molecule has 0 heterocycles. The van der Waals surface area contributed by atoms with E-state index in [1.54, 1.807) is 0 Å². The Morgan fingerprint density at radius 1 is 1.36 bits per heavy atom. The fourth-order valence-electron chi connectivity index (χ4n) is 0.747. The van der Waals surface area contributed by atoms with Gasteiger partial charge in [-0.25, -0.2) is 0 Å². The van der Waals surface area contributed by atoms with E-state index in [4.69, 9.17) is 0 Å². The van der Waals surface area contributed by atoms with Crippen molar-refractivity contribution >= 4 is 13.1 Å². The van der Waals surface area contributed by atoms with Crippen LogP contribution in [0.4, 0.5) is 0 Å². The van der Waals surface area contributed by atoms with Crippen LogP contribution in [0.15, 0.2) is 0 Å². The average molecular weight is 178 g/mol. The van der Waals surface area contributed by atoms with Gasteiger partial charge in [0.25, 0.3) is 0 Å². The van der Waals surface area contributed by atoms with E-state index in [1.807, 2.05) is 13.8 Å². The van der Waals surface area contributed by atoms with E-state index < -0.39 is 7.14 Å². The second-order valence-corrected chi connectivity index (χ2v) is 6.12. The second-order valence-electron chi connectivity index (χ2n) is 2.42. The first-order valence-corrected chi connectivity index (χ1v) is 5.98. The van der Waals surface area contributed by atoms with Crippen molar-refractivity contribution in [3.8, 4) is 0 Å². The highest BCUT2D eigenvalue weighted by molar-refractivity contribution is 7.64. The van der Waals surface area contributed by atoms with Gasteiger partial charge in [-0.15, -0.1) is 0 Å². The summed E-state index contributed by atoms with van der Waals surface area (Å²) in [6.45, 7) is 3.68. The van der Waals surface area contributed by atoms with Crippen LogP contribution in [0, 0.1) is 0 Å². The first-order valence-electron chi connectivity index (χ1n) is 3.72. The molecule has 0 fully saturated rings. The number of carbonyl (C=O) groups excluding carboxylic acids is 1. The molecular weight excluding hydrogens is 163 g/mol. The van der Waals surface area contributed by atoms with Gasteiger partial charge in [0.15, 0.2) is 0 Å². The topological polar surface area (TPSA) is 43.4 Å². The molecule has 0 spiro atoms. The molecule has 0 amide bonds. The Labute approximate surface area is 67.5 Å². The van der Waals surface area contributed by atoms with Gasteiger partial charge in [-0.3, -0.25) is 4.79 Å². The quantitative estimate of drug-likeness (QED) is 0.484. The molecule has 0 bridgehead atoms. The van der Waals surface area contributed by atoms with E-state index in [0.717, 1.165) is 0 Å². The molecule has 0 aliphatic carbocycles. The number of rotatable bonds is 4. The first-order chi connectivity index (χ1) is 5.08. The number of ether oxygens (including phenoxy) is 1. The number of esters is 1. The van der Waals surface area contributed by atoms with Crippen molar-refractivity contribution in [2.45, 2.75) is 13.8 Å². The van der Waals surface area contributed by atoms with Crippen LogP contribution in [-0.4, -0.2) is 31.6 Å². The minimum absolute atomic E-state index is 0.0938. The Kier molecular flexibility index (Phi) is 4.43. The summed E-state index contributed by atoms with van der Waals surface area (Å²) < 4.78 is 16.1. The maximum absolute atomic E-state index is 11.6. The van der Waals surface area contributed by atoms with E-state index in [1.165, 1.54) is 7.11 Å². The van der Waals surface area contributed by atoms with Gasteiger partial charge in [-0.05, 0) is 12.3 Å². The third-order valence-electron chi connectivity index (χ3n) is 1.80. The van der Waals surface area contributed by atoms with Crippen LogP contribution in [0.5, 0.6) is 0 Å². The standard InChI is InChI=1S/C7H15O3P/c1-4-11(9,5-2)6-7(8)10-3/h4-6H2,1-3H3. The highest BCUT2D eigenvalue weighted by atomic mass is 31.2. The lowest BCUT2D eigenvalue weighted by Crippen LogP contribution is -2.09. The molecule has 0 aliphatic rings. The smallest absolute Gasteiger partial charge is 0.312 e. The summed E-state index contributed by atoms with van der Waals surface area (Å²) in [5.41, 5.74) is 0. The van der Waals surface area contributed by atoms with Crippen LogP contribution >= 0.6 is 7.14 Å². The van der Waals surface area contributed by atoms with Crippen molar-refractivity contribution in [3.05, 3.63) is 0 Å². The Bertz CT molecular complexity index is 169. The molecule has 0 aromatic rings. The molecule has 0 radical (unpaired) electrons. The van der Waals surface area contributed by atoms with Crippen LogP contribution in [0.25, 0.3) is 0 Å². The molecule has 0 saturated heterocycles. The van der Waals surface area contributed by atoms with Gasteiger partial charge in [-0.2, -0.15) is 0 Å². The number of hydrogen-bond donors (Lipinski definition) is 0. The summed E-state index contributed by atoms with van der Waals surface area (Å²) in [4.78, 5) is 10.8. The highest BCUT2D eigenvalue weighted by Gasteiger charge is 2.21. The molecule has 0 rings (SSSR count). The molecular formula is C7H15O3P. The molecule has 66 valence electrons. The van der Waals surface area contributed by atoms with Crippen LogP contribution in [0.3, 0.4) is 0 Å². The lowest BCUT2D eigenvalue weighted by Gasteiger charge is -2.11. The third kappa shape index (κ3) is 3.57. The zero-order valence-electron chi connectivity index (χ0n) is 7.29. The molecule has 3 nitrogen and oxygen atoms in total. The zero-order valence-corrected chi connectivity index (χ0v) is 8.19. The molecule has 0 aromatic carbocycles. The van der Waals surface area contributed by atoms with Gasteiger partial charge in [0.1, 0.15) is 0 Å². The van der Waals surface area contributed by atoms with Gasteiger partial charge >= 0.3 is 5.97 Å². The lowest BCUT2D eigenvalue weighted by atomic mass is 10.8. The van der Waals surface area contributed by atoms with Crippen molar-refractivity contribution in [2.24, 2.45) is 0 Å². The van der Waals surface area contributed by atoms with Gasteiger partial charge in [-0.1, -0.05) is 13.8 Å². The molecule has 0 unspecified atom stereocenters. The normalized spacial score (nSPS) is 11.2. The van der Waals surface area contributed by atoms with Gasteiger partial charge in [0, 0.05) is 0 Å². The van der Waals surface area contributed by atoms with Gasteiger partial charge < -0.3 is 9.30 Å². The predicted octanol–water partition coefficient (Wildman–Crippen LogP) is 1.56. The fraction of sp³-hybridized carbons (Fsp3) is 0.857. The third-order valence-corrected chi connectivity index (χ3v) is 4.94. The number of carbonyl (C=O) groups is 1. The number of methoxy groups -OCH3 is 1. The van der Waals surface area contributed by atoms with Crippen molar-refractivity contribution in [2.75, 3.05) is 25.6 Å². The maximum Gasteiger partial charge on any atom is 0.312 e. The van der Waals surface area contributed by atoms with Gasteiger partial charge in [0.2, 0.25) is 0 Å². The monoisotopic (exact) mass is 178 g/mol. The maximum atomic E-state index is 11.6. The van der Waals surface area contributed by atoms with E-state index >= 15 is 0 Å². The van der Waals surface area contributed by atoms with Crippen LogP contribution in [0.2, 0.25) is 0 Å². The van der Waals surface area contributed by atoms with Crippen molar-refractivity contribution < 1.29 is 14.1 Å². The summed E-state index contributed by atoms with van der Waals surface area (Å²) in [5.74, 6) is -0.364. The molecule has 0 aromatic heterocycles. The van der Waals surface area contributed by atoms with E-state index in [-0.39, 0.29) is 12.1 Å². The zero-order chi connectivity index (χ0) is 8.91. The molecule has 11 heavy (non-hydrogen) atoms. The average Bonchev–Trinajstić information content (AvgIpc) is 2.04.